The van der Waals surface area contributed by atoms with Crippen molar-refractivity contribution >= 4 is 34.0 Å². The van der Waals surface area contributed by atoms with Gasteiger partial charge in [-0.3, -0.25) is 0 Å². The highest BCUT2D eigenvalue weighted by atomic mass is 35.5. The average molecular weight is 478 g/mol. The number of piperidine rings is 2. The van der Waals surface area contributed by atoms with Gasteiger partial charge in [0, 0.05) is 31.2 Å². The van der Waals surface area contributed by atoms with Crippen LogP contribution < -0.4 is 0 Å². The molecule has 2 fully saturated rings. The van der Waals surface area contributed by atoms with Gasteiger partial charge in [0.25, 0.3) is 0 Å². The van der Waals surface area contributed by atoms with Crippen molar-refractivity contribution < 1.29 is 8.42 Å². The van der Waals surface area contributed by atoms with Gasteiger partial charge in [0.05, 0.1) is 4.90 Å². The van der Waals surface area contributed by atoms with Gasteiger partial charge in [-0.2, -0.15) is 4.31 Å². The van der Waals surface area contributed by atoms with Crippen molar-refractivity contribution in [1.29, 1.82) is 0 Å². The van der Waals surface area contributed by atoms with Crippen LogP contribution in [0.4, 0.5) is 0 Å². The van der Waals surface area contributed by atoms with Crippen LogP contribution in [0.3, 0.4) is 0 Å². The molecule has 0 spiro atoms. The minimum atomic E-state index is -3.51. The van der Waals surface area contributed by atoms with E-state index in [-0.39, 0.29) is 17.8 Å². The highest BCUT2D eigenvalue weighted by Crippen LogP contribution is 2.52. The first-order valence-electron chi connectivity index (χ1n) is 11.4. The Morgan fingerprint density at radius 2 is 1.60 bits per heavy atom. The Balaban J connectivity index is 0.00000320. The number of likely N-dealkylation sites (tertiary alicyclic amines) is 1. The molecule has 0 saturated carbocycles. The predicted molar refractivity (Wildman–Crippen MR) is 128 cm³/mol. The number of rotatable bonds is 9. The quantitative estimate of drug-likeness (QED) is 0.458. The van der Waals surface area contributed by atoms with Crippen LogP contribution >= 0.6 is 24.0 Å². The smallest absolute Gasteiger partial charge is 0.243 e. The van der Waals surface area contributed by atoms with Crippen LogP contribution in [0.25, 0.3) is 0 Å². The average Bonchev–Trinajstić information content (AvgIpc) is 2.67. The fourth-order valence-electron chi connectivity index (χ4n) is 5.85. The molecule has 2 aliphatic heterocycles. The molecule has 2 bridgehead atoms. The third-order valence-corrected chi connectivity index (χ3v) is 9.19. The molecule has 7 heteroatoms. The topological polar surface area (TPSA) is 40.6 Å². The van der Waals surface area contributed by atoms with Gasteiger partial charge in [0.2, 0.25) is 10.0 Å². The lowest BCUT2D eigenvalue weighted by Crippen LogP contribution is -2.64. The van der Waals surface area contributed by atoms with Crippen LogP contribution in [-0.4, -0.2) is 50.3 Å². The predicted octanol–water partition coefficient (Wildman–Crippen LogP) is 5.70. The molecular weight excluding hydrogens is 439 g/mol. The van der Waals surface area contributed by atoms with E-state index in [4.69, 9.17) is 11.6 Å². The molecule has 2 atom stereocenters. The van der Waals surface area contributed by atoms with Crippen molar-refractivity contribution in [2.45, 2.75) is 64.2 Å². The van der Waals surface area contributed by atoms with Crippen molar-refractivity contribution in [3.63, 3.8) is 0 Å². The van der Waals surface area contributed by atoms with Gasteiger partial charge in [-0.25, -0.2) is 8.42 Å². The van der Waals surface area contributed by atoms with Crippen LogP contribution in [0.2, 0.25) is 5.02 Å². The van der Waals surface area contributed by atoms with E-state index in [1.165, 1.54) is 38.5 Å². The molecule has 0 aromatic heterocycles. The van der Waals surface area contributed by atoms with E-state index in [2.05, 4.69) is 25.7 Å². The number of hydrogen-bond acceptors (Lipinski definition) is 3. The van der Waals surface area contributed by atoms with Crippen molar-refractivity contribution in [3.05, 3.63) is 29.3 Å². The van der Waals surface area contributed by atoms with Gasteiger partial charge in [-0.15, -0.1) is 12.4 Å². The minimum Gasteiger partial charge on any atom is -0.303 e. The maximum Gasteiger partial charge on any atom is 0.243 e. The zero-order chi connectivity index (χ0) is 21.1. The summed E-state index contributed by atoms with van der Waals surface area (Å²) >= 11 is 6.09. The lowest BCUT2D eigenvalue weighted by Gasteiger charge is -2.58. The van der Waals surface area contributed by atoms with Gasteiger partial charge in [-0.05, 0) is 61.3 Å². The molecule has 0 radical (unpaired) electrons. The molecular formula is C23H38Cl2N2O2S. The zero-order valence-corrected chi connectivity index (χ0v) is 21.0. The van der Waals surface area contributed by atoms with Gasteiger partial charge in [0.1, 0.15) is 0 Å². The SMILES string of the molecule is CCCCN1CC2CN(S(=O)(=O)c3cccc(Cl)c3)CC(C1)C2(CCC)CCC.Cl. The highest BCUT2D eigenvalue weighted by Gasteiger charge is 2.53. The summed E-state index contributed by atoms with van der Waals surface area (Å²) in [5, 5.41) is 0.473. The van der Waals surface area contributed by atoms with Crippen molar-refractivity contribution in [2.24, 2.45) is 17.3 Å². The summed E-state index contributed by atoms with van der Waals surface area (Å²) in [5.41, 5.74) is 0.284. The van der Waals surface area contributed by atoms with Gasteiger partial charge >= 0.3 is 0 Å². The summed E-state index contributed by atoms with van der Waals surface area (Å²) in [6, 6.07) is 6.71. The molecule has 1 aromatic rings. The summed E-state index contributed by atoms with van der Waals surface area (Å²) < 4.78 is 28.6. The van der Waals surface area contributed by atoms with Crippen LogP contribution in [-0.2, 0) is 10.0 Å². The maximum absolute atomic E-state index is 13.4. The van der Waals surface area contributed by atoms with Crippen LogP contribution in [0.1, 0.15) is 59.3 Å². The fourth-order valence-corrected chi connectivity index (χ4v) is 7.68. The largest absolute Gasteiger partial charge is 0.303 e. The number of hydrogen-bond donors (Lipinski definition) is 0. The highest BCUT2D eigenvalue weighted by molar-refractivity contribution is 7.89. The van der Waals surface area contributed by atoms with E-state index in [0.29, 0.717) is 34.8 Å². The number of halogens is 2. The van der Waals surface area contributed by atoms with Gasteiger partial charge in [0.15, 0.2) is 0 Å². The summed E-state index contributed by atoms with van der Waals surface area (Å²) in [5.74, 6) is 0.807. The van der Waals surface area contributed by atoms with Crippen molar-refractivity contribution in [2.75, 3.05) is 32.7 Å². The minimum absolute atomic E-state index is 0. The summed E-state index contributed by atoms with van der Waals surface area (Å²) in [6.07, 6.45) is 7.19. The standard InChI is InChI=1S/C23H37ClN2O2S.ClH/c1-4-7-13-25-15-19-17-26(29(27,28)22-10-8-9-21(24)14-22)18-20(16-25)23(19,11-5-2)12-6-3;/h8-10,14,19-20H,4-7,11-13,15-18H2,1-3H3;1H. The van der Waals surface area contributed by atoms with Gasteiger partial charge < -0.3 is 4.90 Å². The Bertz CT molecular complexity index is 763. The number of benzene rings is 1. The summed E-state index contributed by atoms with van der Waals surface area (Å²) in [7, 11) is -3.51. The van der Waals surface area contributed by atoms with E-state index < -0.39 is 10.0 Å². The Morgan fingerprint density at radius 1 is 1.00 bits per heavy atom. The fraction of sp³-hybridized carbons (Fsp3) is 0.739. The lowest BCUT2D eigenvalue weighted by molar-refractivity contribution is -0.0835. The number of sulfonamides is 1. The maximum atomic E-state index is 13.4. The van der Waals surface area contributed by atoms with E-state index in [9.17, 15) is 8.42 Å². The molecule has 4 nitrogen and oxygen atoms in total. The van der Waals surface area contributed by atoms with E-state index in [0.717, 1.165) is 19.6 Å². The number of fused-ring (bicyclic) bond motifs is 2. The second-order valence-corrected chi connectivity index (χ2v) is 11.4. The molecule has 2 unspecified atom stereocenters. The Morgan fingerprint density at radius 3 is 2.10 bits per heavy atom. The molecule has 172 valence electrons. The molecule has 0 aliphatic carbocycles. The summed E-state index contributed by atoms with van der Waals surface area (Å²) in [4.78, 5) is 2.93. The van der Waals surface area contributed by atoms with Crippen LogP contribution in [0.5, 0.6) is 0 Å². The van der Waals surface area contributed by atoms with E-state index >= 15 is 0 Å². The first-order chi connectivity index (χ1) is 13.9. The third kappa shape index (κ3) is 5.17. The zero-order valence-electron chi connectivity index (χ0n) is 18.6. The molecule has 3 rings (SSSR count). The van der Waals surface area contributed by atoms with Crippen molar-refractivity contribution in [1.82, 2.24) is 9.21 Å². The molecule has 0 N–H and O–H groups in total. The Hall–Kier alpha value is -0.330. The second kappa shape index (κ2) is 11.0. The number of unbranched alkanes of at least 4 members (excludes halogenated alkanes) is 1. The lowest BCUT2D eigenvalue weighted by atomic mass is 9.57. The monoisotopic (exact) mass is 476 g/mol. The number of nitrogens with zero attached hydrogens (tertiary/aromatic N) is 2. The molecule has 30 heavy (non-hydrogen) atoms. The second-order valence-electron chi connectivity index (χ2n) is 9.02. The first-order valence-corrected chi connectivity index (χ1v) is 13.2. The van der Waals surface area contributed by atoms with Crippen molar-refractivity contribution in [3.8, 4) is 0 Å². The van der Waals surface area contributed by atoms with Crippen LogP contribution in [0.15, 0.2) is 29.2 Å². The third-order valence-electron chi connectivity index (χ3n) is 7.12. The van der Waals surface area contributed by atoms with Gasteiger partial charge in [-0.1, -0.05) is 57.7 Å². The first kappa shape index (κ1) is 25.9. The summed E-state index contributed by atoms with van der Waals surface area (Å²) in [6.45, 7) is 11.2. The molecule has 1 aromatic carbocycles. The Labute approximate surface area is 194 Å². The molecule has 2 saturated heterocycles. The normalized spacial score (nSPS) is 24.4. The molecule has 0 amide bonds. The molecule has 2 heterocycles. The molecule has 2 aliphatic rings. The van der Waals surface area contributed by atoms with Crippen LogP contribution in [0, 0.1) is 17.3 Å². The van der Waals surface area contributed by atoms with E-state index in [1.807, 2.05) is 0 Å². The Kier molecular flexibility index (Phi) is 9.51. The van der Waals surface area contributed by atoms with E-state index in [1.54, 1.807) is 28.6 Å².